The van der Waals surface area contributed by atoms with E-state index in [0.29, 0.717) is 10.4 Å². The normalized spacial score (nSPS) is 10.2. The van der Waals surface area contributed by atoms with Crippen LogP contribution in [-0.2, 0) is 0 Å². The molecule has 0 spiro atoms. The average molecular weight is 147 g/mol. The van der Waals surface area contributed by atoms with Crippen LogP contribution in [0.4, 0.5) is 0 Å². The van der Waals surface area contributed by atoms with Gasteiger partial charge in [0.2, 0.25) is 5.65 Å². The van der Waals surface area contributed by atoms with Crippen LogP contribution in [0.15, 0.2) is 18.6 Å². The molecular weight excluding hydrogens is 144 g/mol. The molecule has 0 aliphatic heterocycles. The predicted molar refractivity (Wildman–Crippen MR) is 35.1 cm³/mol. The highest BCUT2D eigenvalue weighted by atomic mass is 16.5. The Morgan fingerprint density at radius 2 is 2.18 bits per heavy atom. The van der Waals surface area contributed by atoms with Crippen molar-refractivity contribution in [3.05, 3.63) is 30.0 Å². The molecule has 0 amide bonds. The third kappa shape index (κ3) is 0.861. The van der Waals surface area contributed by atoms with Crippen LogP contribution in [0.1, 0.15) is 0 Å². The van der Waals surface area contributed by atoms with Crippen molar-refractivity contribution in [2.24, 2.45) is 0 Å². The summed E-state index contributed by atoms with van der Waals surface area (Å²) in [5.41, 5.74) is 0.524. The molecule has 0 atom stereocenters. The van der Waals surface area contributed by atoms with Crippen molar-refractivity contribution < 1.29 is 4.73 Å². The fourth-order valence-corrected chi connectivity index (χ4v) is 0.761. The molecule has 0 N–H and O–H groups in total. The van der Waals surface area contributed by atoms with Crippen molar-refractivity contribution in [1.29, 1.82) is 0 Å². The lowest BCUT2D eigenvalue weighted by Gasteiger charge is -1.98. The van der Waals surface area contributed by atoms with E-state index in [4.69, 9.17) is 0 Å². The van der Waals surface area contributed by atoms with Crippen LogP contribution in [0.2, 0.25) is 0 Å². The summed E-state index contributed by atoms with van der Waals surface area (Å²) in [5.74, 6) is 0. The number of fused-ring (bicyclic) bond motifs is 1. The van der Waals surface area contributed by atoms with Gasteiger partial charge in [0.25, 0.3) is 0 Å². The highest BCUT2D eigenvalue weighted by Crippen LogP contribution is 1.94. The van der Waals surface area contributed by atoms with Gasteiger partial charge in [-0.3, -0.25) is 0 Å². The highest BCUT2D eigenvalue weighted by molar-refractivity contribution is 5.58. The van der Waals surface area contributed by atoms with Crippen LogP contribution in [0.25, 0.3) is 11.3 Å². The quantitative estimate of drug-likeness (QED) is 0.370. The van der Waals surface area contributed by atoms with E-state index in [1.54, 1.807) is 0 Å². The molecule has 0 saturated carbocycles. The first-order valence-corrected chi connectivity index (χ1v) is 2.95. The standard InChI is InChI=1S/C6H3N4O/c11-10-4-3-8-5-6(10)9-2-1-7-5/h1-2,4H. The van der Waals surface area contributed by atoms with Crippen molar-refractivity contribution in [3.63, 3.8) is 0 Å². The first-order valence-electron chi connectivity index (χ1n) is 2.95. The molecule has 2 aromatic heterocycles. The Kier molecular flexibility index (Phi) is 1.15. The van der Waals surface area contributed by atoms with E-state index >= 15 is 0 Å². The Hall–Kier alpha value is -1.78. The largest absolute Gasteiger partial charge is 0.710 e. The van der Waals surface area contributed by atoms with E-state index in [2.05, 4.69) is 21.1 Å². The molecule has 0 unspecified atom stereocenters. The van der Waals surface area contributed by atoms with Crippen LogP contribution in [0.3, 0.4) is 0 Å². The summed E-state index contributed by atoms with van der Waals surface area (Å²) in [5, 5.41) is 10.9. The number of aromatic nitrogens is 4. The topological polar surface area (TPSA) is 65.6 Å². The van der Waals surface area contributed by atoms with Crippen molar-refractivity contribution >= 4 is 11.3 Å². The Labute approximate surface area is 61.9 Å². The lowest BCUT2D eigenvalue weighted by Crippen LogP contribution is -2.27. The van der Waals surface area contributed by atoms with E-state index < -0.39 is 0 Å². The van der Waals surface area contributed by atoms with Crippen LogP contribution >= 0.6 is 0 Å². The van der Waals surface area contributed by atoms with Gasteiger partial charge in [-0.15, -0.1) is 0 Å². The lowest BCUT2D eigenvalue weighted by molar-refractivity contribution is -0.579. The van der Waals surface area contributed by atoms with Gasteiger partial charge in [0.05, 0.1) is 6.20 Å². The Bertz CT molecular complexity index is 384. The molecule has 0 fully saturated rings. The maximum Gasteiger partial charge on any atom is 0.371 e. The van der Waals surface area contributed by atoms with Crippen molar-refractivity contribution in [2.75, 3.05) is 0 Å². The van der Waals surface area contributed by atoms with E-state index in [1.165, 1.54) is 12.4 Å². The second-order valence-corrected chi connectivity index (χ2v) is 1.90. The maximum absolute atomic E-state index is 10.9. The lowest BCUT2D eigenvalue weighted by atomic mass is 10.6. The first-order chi connectivity index (χ1) is 5.38. The minimum Gasteiger partial charge on any atom is -0.710 e. The Morgan fingerprint density at radius 1 is 1.36 bits per heavy atom. The van der Waals surface area contributed by atoms with Gasteiger partial charge in [0.1, 0.15) is 12.4 Å². The minimum atomic E-state index is 0.214. The van der Waals surface area contributed by atoms with Gasteiger partial charge in [-0.1, -0.05) is 0 Å². The van der Waals surface area contributed by atoms with Crippen LogP contribution in [-0.4, -0.2) is 15.0 Å². The van der Waals surface area contributed by atoms with E-state index in [-0.39, 0.29) is 5.65 Å². The van der Waals surface area contributed by atoms with Gasteiger partial charge in [0, 0.05) is 0 Å². The third-order valence-corrected chi connectivity index (χ3v) is 1.21. The molecule has 2 aromatic rings. The zero-order valence-electron chi connectivity index (χ0n) is 5.43. The second kappa shape index (κ2) is 2.12. The van der Waals surface area contributed by atoms with E-state index in [0.717, 1.165) is 6.20 Å². The number of hydrogen-bond donors (Lipinski definition) is 0. The maximum atomic E-state index is 10.9. The number of rotatable bonds is 0. The van der Waals surface area contributed by atoms with Gasteiger partial charge in [-0.2, -0.15) is 0 Å². The van der Waals surface area contributed by atoms with Gasteiger partial charge in [-0.25, -0.2) is 14.7 Å². The molecule has 53 valence electrons. The Morgan fingerprint density at radius 3 is 3.00 bits per heavy atom. The zero-order valence-corrected chi connectivity index (χ0v) is 5.43. The van der Waals surface area contributed by atoms with Gasteiger partial charge in [0.15, 0.2) is 6.20 Å². The predicted octanol–water partition coefficient (Wildman–Crippen LogP) is -0.542. The van der Waals surface area contributed by atoms with Gasteiger partial charge >= 0.3 is 5.65 Å². The number of nitrogens with zero attached hydrogens (tertiary/aromatic N) is 4. The summed E-state index contributed by atoms with van der Waals surface area (Å²) in [4.78, 5) is 11.3. The summed E-state index contributed by atoms with van der Waals surface area (Å²) in [6, 6.07) is 0. The molecule has 0 bridgehead atoms. The number of hydrogen-bond acceptors (Lipinski definition) is 4. The van der Waals surface area contributed by atoms with Gasteiger partial charge in [-0.05, 0) is 4.98 Å². The summed E-state index contributed by atoms with van der Waals surface area (Å²) in [6.07, 6.45) is 6.48. The molecule has 11 heavy (non-hydrogen) atoms. The molecule has 0 saturated heterocycles. The molecule has 0 aliphatic rings. The van der Waals surface area contributed by atoms with Crippen molar-refractivity contribution in [3.8, 4) is 0 Å². The van der Waals surface area contributed by atoms with E-state index in [1.807, 2.05) is 0 Å². The zero-order chi connectivity index (χ0) is 7.68. The van der Waals surface area contributed by atoms with Crippen LogP contribution in [0.5, 0.6) is 0 Å². The summed E-state index contributed by atoms with van der Waals surface area (Å²) in [6.45, 7) is 0. The molecule has 5 heteroatoms. The summed E-state index contributed by atoms with van der Waals surface area (Å²) in [7, 11) is 0. The highest BCUT2D eigenvalue weighted by Gasteiger charge is 2.04. The summed E-state index contributed by atoms with van der Waals surface area (Å²) >= 11 is 0. The van der Waals surface area contributed by atoms with Crippen molar-refractivity contribution in [2.45, 2.75) is 0 Å². The fourth-order valence-electron chi connectivity index (χ4n) is 0.761. The van der Waals surface area contributed by atoms with Crippen LogP contribution in [0, 0.1) is 11.4 Å². The monoisotopic (exact) mass is 147 g/mol. The molecule has 0 aliphatic carbocycles. The molecule has 5 nitrogen and oxygen atoms in total. The SMILES string of the molecule is [O-][n+]1c[c]nc2nccnc21. The van der Waals surface area contributed by atoms with Crippen LogP contribution < -0.4 is 4.73 Å². The smallest absolute Gasteiger partial charge is 0.371 e. The first kappa shape index (κ1) is 5.96. The average Bonchev–Trinajstić information content (AvgIpc) is 2.06. The molecule has 2 heterocycles. The van der Waals surface area contributed by atoms with Crippen molar-refractivity contribution in [1.82, 2.24) is 15.0 Å². The van der Waals surface area contributed by atoms with E-state index in [9.17, 15) is 5.21 Å². The van der Waals surface area contributed by atoms with Gasteiger partial charge < -0.3 is 5.21 Å². The fraction of sp³-hybridized carbons (Fsp3) is 0. The summed E-state index contributed by atoms with van der Waals surface area (Å²) < 4.78 is 0.579. The second-order valence-electron chi connectivity index (χ2n) is 1.90. The Balaban J connectivity index is 2.91. The molecule has 0 aromatic carbocycles. The molecular formula is C6H3N4O. The molecule has 1 radical (unpaired) electrons. The minimum absolute atomic E-state index is 0.214. The third-order valence-electron chi connectivity index (χ3n) is 1.21. The molecule has 2 rings (SSSR count).